The van der Waals surface area contributed by atoms with Crippen LogP contribution in [0.3, 0.4) is 0 Å². The number of benzene rings is 1. The van der Waals surface area contributed by atoms with Gasteiger partial charge in [-0.05, 0) is 26.0 Å². The van der Waals surface area contributed by atoms with Crippen molar-refractivity contribution in [2.75, 3.05) is 18.9 Å². The number of anilines is 1. The molecule has 3 heterocycles. The maximum Gasteiger partial charge on any atom is 0.459 e. The molecule has 36 heavy (non-hydrogen) atoms. The molecule has 3 aromatic rings. The predicted octanol–water partition coefficient (Wildman–Crippen LogP) is 1.89. The van der Waals surface area contributed by atoms with Crippen LogP contribution in [0.5, 0.6) is 5.75 Å². The van der Waals surface area contributed by atoms with Crippen LogP contribution in [0.2, 0.25) is 0 Å². The number of aliphatic hydroxyl groups excluding tert-OH is 1. The highest BCUT2D eigenvalue weighted by Gasteiger charge is 2.45. The van der Waals surface area contributed by atoms with Crippen LogP contribution in [0.15, 0.2) is 42.9 Å². The third-order valence-corrected chi connectivity index (χ3v) is 7.38. The van der Waals surface area contributed by atoms with Crippen molar-refractivity contribution in [3.05, 3.63) is 48.5 Å². The lowest BCUT2D eigenvalue weighted by Gasteiger charge is -2.24. The van der Waals surface area contributed by atoms with E-state index in [0.717, 1.165) is 0 Å². The molecule has 0 amide bonds. The summed E-state index contributed by atoms with van der Waals surface area (Å²) in [5, 5.41) is 17.6. The Labute approximate surface area is 207 Å². The molecule has 1 fully saturated rings. The number of aliphatic hydroxyl groups is 1. The normalized spacial score (nSPS) is 24.3. The molecule has 0 spiro atoms. The molecule has 1 saturated heterocycles. The largest absolute Gasteiger partial charge is 0.465 e. The summed E-state index contributed by atoms with van der Waals surface area (Å²) >= 11 is 0. The molecule has 0 radical (unpaired) electrons. The first kappa shape index (κ1) is 26.0. The second kappa shape index (κ2) is 10.9. The standard InChI is InChI=1S/C22H29N6O7P/c1-4-32-22(30)14(3)27-36(31,35-15-8-6-5-7-9-15)33-11-17-18(29)13(2)19(34-17)16-10-24-21-20(23)25-12-26-28(16)21/h5-10,12-14,17-19,29H,4,11H2,1-3H3,(H,27,31)(H2,23,25,26). The van der Waals surface area contributed by atoms with Gasteiger partial charge in [0.05, 0.1) is 31.2 Å². The summed E-state index contributed by atoms with van der Waals surface area (Å²) in [4.78, 5) is 20.3. The topological polar surface area (TPSA) is 172 Å². The van der Waals surface area contributed by atoms with Gasteiger partial charge in [-0.2, -0.15) is 10.2 Å². The lowest BCUT2D eigenvalue weighted by atomic mass is 9.97. The number of imidazole rings is 1. The van der Waals surface area contributed by atoms with Gasteiger partial charge in [0.2, 0.25) is 0 Å². The Bertz CT molecular complexity index is 1240. The molecule has 0 aliphatic carbocycles. The molecule has 6 atom stereocenters. The van der Waals surface area contributed by atoms with Gasteiger partial charge in [-0.1, -0.05) is 25.1 Å². The number of carbonyl (C=O) groups excluding carboxylic acids is 1. The number of nitrogens with two attached hydrogens (primary N) is 1. The number of esters is 1. The Morgan fingerprint density at radius 3 is 2.81 bits per heavy atom. The lowest BCUT2D eigenvalue weighted by molar-refractivity contribution is -0.144. The van der Waals surface area contributed by atoms with Gasteiger partial charge in [-0.25, -0.2) is 19.0 Å². The summed E-state index contributed by atoms with van der Waals surface area (Å²) in [5.41, 5.74) is 6.81. The monoisotopic (exact) mass is 520 g/mol. The van der Waals surface area contributed by atoms with Crippen LogP contribution in [0.25, 0.3) is 5.65 Å². The molecular formula is C22H29N6O7P. The first-order valence-electron chi connectivity index (χ1n) is 11.4. The zero-order valence-corrected chi connectivity index (χ0v) is 20.9. The molecule has 6 unspecified atom stereocenters. The van der Waals surface area contributed by atoms with E-state index in [1.54, 1.807) is 50.4 Å². The number of nitrogen functional groups attached to an aromatic ring is 1. The highest BCUT2D eigenvalue weighted by molar-refractivity contribution is 7.52. The summed E-state index contributed by atoms with van der Waals surface area (Å²) in [7, 11) is -4.10. The smallest absolute Gasteiger partial charge is 0.459 e. The average molecular weight is 520 g/mol. The van der Waals surface area contributed by atoms with Gasteiger partial charge in [0.1, 0.15) is 30.3 Å². The molecule has 14 heteroatoms. The van der Waals surface area contributed by atoms with Crippen LogP contribution in [0.4, 0.5) is 5.82 Å². The number of aromatic nitrogens is 4. The highest BCUT2D eigenvalue weighted by Crippen LogP contribution is 2.47. The lowest BCUT2D eigenvalue weighted by Crippen LogP contribution is -2.36. The van der Waals surface area contributed by atoms with E-state index >= 15 is 0 Å². The molecular weight excluding hydrogens is 491 g/mol. The highest BCUT2D eigenvalue weighted by atomic mass is 31.2. The minimum atomic E-state index is -4.10. The number of fused-ring (bicyclic) bond motifs is 1. The van der Waals surface area contributed by atoms with Crippen molar-refractivity contribution in [1.82, 2.24) is 24.7 Å². The number of nitrogens with one attached hydrogen (secondary N) is 1. The summed E-state index contributed by atoms with van der Waals surface area (Å²) in [5.74, 6) is -0.511. The number of ether oxygens (including phenoxy) is 2. The van der Waals surface area contributed by atoms with Crippen molar-refractivity contribution in [1.29, 1.82) is 0 Å². The minimum absolute atomic E-state index is 0.163. The predicted molar refractivity (Wildman–Crippen MR) is 128 cm³/mol. The van der Waals surface area contributed by atoms with Crippen molar-refractivity contribution < 1.29 is 33.0 Å². The second-order valence-electron chi connectivity index (χ2n) is 8.31. The van der Waals surface area contributed by atoms with Crippen LogP contribution in [-0.4, -0.2) is 62.1 Å². The van der Waals surface area contributed by atoms with E-state index in [1.807, 2.05) is 0 Å². The Hall–Kier alpha value is -3.09. The Morgan fingerprint density at radius 1 is 1.33 bits per heavy atom. The molecule has 1 aliphatic rings. The number of para-hydroxylation sites is 1. The Morgan fingerprint density at radius 2 is 2.08 bits per heavy atom. The Kier molecular flexibility index (Phi) is 7.86. The zero-order valence-electron chi connectivity index (χ0n) is 20.1. The SMILES string of the molecule is CCOC(=O)C(C)NP(=O)(OCC1OC(c2cnc3c(N)ncnn23)C(C)C1O)Oc1ccccc1. The maximum atomic E-state index is 13.6. The van der Waals surface area contributed by atoms with Crippen molar-refractivity contribution >= 4 is 25.2 Å². The van der Waals surface area contributed by atoms with Gasteiger partial charge < -0.3 is 24.8 Å². The average Bonchev–Trinajstić information content (AvgIpc) is 3.40. The second-order valence-corrected chi connectivity index (χ2v) is 10.0. The first-order valence-corrected chi connectivity index (χ1v) is 13.0. The van der Waals surface area contributed by atoms with Crippen LogP contribution < -0.4 is 15.3 Å². The van der Waals surface area contributed by atoms with Gasteiger partial charge in [0, 0.05) is 5.92 Å². The maximum absolute atomic E-state index is 13.6. The van der Waals surface area contributed by atoms with Gasteiger partial charge in [-0.15, -0.1) is 0 Å². The van der Waals surface area contributed by atoms with Crippen LogP contribution in [0.1, 0.15) is 32.6 Å². The Balaban J connectivity index is 1.50. The minimum Gasteiger partial charge on any atom is -0.465 e. The molecule has 13 nitrogen and oxygen atoms in total. The number of rotatable bonds is 10. The fraction of sp³-hybridized carbons (Fsp3) is 0.455. The van der Waals surface area contributed by atoms with E-state index in [-0.39, 0.29) is 30.7 Å². The first-order chi connectivity index (χ1) is 17.2. The third kappa shape index (κ3) is 5.50. The summed E-state index contributed by atoms with van der Waals surface area (Å²) < 4.78 is 37.5. The van der Waals surface area contributed by atoms with Crippen molar-refractivity contribution in [2.45, 2.75) is 45.1 Å². The van der Waals surface area contributed by atoms with Crippen LogP contribution in [0, 0.1) is 5.92 Å². The van der Waals surface area contributed by atoms with Crippen LogP contribution in [-0.2, 0) is 23.4 Å². The zero-order chi connectivity index (χ0) is 25.9. The number of carbonyl (C=O) groups is 1. The van der Waals surface area contributed by atoms with E-state index in [4.69, 9.17) is 24.3 Å². The van der Waals surface area contributed by atoms with Crippen molar-refractivity contribution in [2.24, 2.45) is 5.92 Å². The summed E-state index contributed by atoms with van der Waals surface area (Å²) in [6, 6.07) is 7.40. The van der Waals surface area contributed by atoms with Crippen molar-refractivity contribution in [3.63, 3.8) is 0 Å². The van der Waals surface area contributed by atoms with E-state index in [0.29, 0.717) is 11.3 Å². The van der Waals surface area contributed by atoms with Gasteiger partial charge in [0.25, 0.3) is 0 Å². The third-order valence-electron chi connectivity index (χ3n) is 5.74. The summed E-state index contributed by atoms with van der Waals surface area (Å²) in [6.45, 7) is 4.83. The van der Waals surface area contributed by atoms with Gasteiger partial charge in [-0.3, -0.25) is 9.32 Å². The van der Waals surface area contributed by atoms with E-state index in [1.165, 1.54) is 17.8 Å². The molecule has 0 bridgehead atoms. The van der Waals surface area contributed by atoms with Crippen molar-refractivity contribution in [3.8, 4) is 5.75 Å². The van der Waals surface area contributed by atoms with E-state index < -0.39 is 38.1 Å². The quantitative estimate of drug-likeness (QED) is 0.262. The molecule has 4 N–H and O–H groups in total. The van der Waals surface area contributed by atoms with Gasteiger partial charge >= 0.3 is 13.7 Å². The molecule has 2 aromatic heterocycles. The van der Waals surface area contributed by atoms with Gasteiger partial charge in [0.15, 0.2) is 11.5 Å². The number of hydrogen-bond donors (Lipinski definition) is 3. The van der Waals surface area contributed by atoms with E-state index in [2.05, 4.69) is 20.2 Å². The van der Waals surface area contributed by atoms with E-state index in [9.17, 15) is 14.5 Å². The molecule has 1 aromatic carbocycles. The number of hydrogen-bond acceptors (Lipinski definition) is 11. The number of nitrogens with zero attached hydrogens (tertiary/aromatic N) is 4. The fourth-order valence-corrected chi connectivity index (χ4v) is 5.37. The fourth-order valence-electron chi connectivity index (χ4n) is 3.87. The molecule has 0 saturated carbocycles. The van der Waals surface area contributed by atoms with Crippen LogP contribution >= 0.6 is 7.75 Å². The molecule has 194 valence electrons. The molecule has 1 aliphatic heterocycles. The summed E-state index contributed by atoms with van der Waals surface area (Å²) in [6.07, 6.45) is 0.439. The molecule has 4 rings (SSSR count).